The number of nitrogens with zero attached hydrogens (tertiary/aromatic N) is 2. The minimum atomic E-state index is 0.209. The average Bonchev–Trinajstić information content (AvgIpc) is 2.76. The Morgan fingerprint density at radius 2 is 1.77 bits per heavy atom. The summed E-state index contributed by atoms with van der Waals surface area (Å²) in [5, 5.41) is 0. The first-order chi connectivity index (χ1) is 14.4. The highest BCUT2D eigenvalue weighted by atomic mass is 16.5. The lowest BCUT2D eigenvalue weighted by atomic mass is 10.1. The average molecular weight is 413 g/mol. The van der Waals surface area contributed by atoms with Gasteiger partial charge in [0.15, 0.2) is 6.54 Å². The molecule has 0 spiro atoms. The molecule has 30 heavy (non-hydrogen) atoms. The third-order valence-electron chi connectivity index (χ3n) is 5.99. The molecule has 3 rings (SSSR count). The molecule has 0 radical (unpaired) electrons. The van der Waals surface area contributed by atoms with E-state index in [1.807, 2.05) is 30.1 Å². The van der Waals surface area contributed by atoms with E-state index in [0.717, 1.165) is 54.7 Å². The van der Waals surface area contributed by atoms with Gasteiger partial charge < -0.3 is 24.2 Å². The largest absolute Gasteiger partial charge is 0.497 e. The van der Waals surface area contributed by atoms with Crippen LogP contribution in [0.3, 0.4) is 0 Å². The second kappa shape index (κ2) is 9.85. The Bertz CT molecular complexity index is 876. The molecule has 1 aliphatic heterocycles. The highest BCUT2D eigenvalue weighted by molar-refractivity contribution is 5.77. The molecule has 0 saturated carbocycles. The van der Waals surface area contributed by atoms with E-state index in [-0.39, 0.29) is 5.91 Å². The maximum Gasteiger partial charge on any atom is 0.277 e. The fourth-order valence-corrected chi connectivity index (χ4v) is 4.03. The Morgan fingerprint density at radius 1 is 1.03 bits per heavy atom. The Labute approximate surface area is 180 Å². The van der Waals surface area contributed by atoms with Gasteiger partial charge in [-0.05, 0) is 43.2 Å². The fraction of sp³-hybridized carbons (Fsp3) is 0.458. The standard InChI is InChI=1S/C24H33N3O3/c1-18-7-6-8-22(19(18)2)26-11-13-27(14-12-26)24(28)17-25(3)16-20-9-10-21(29-4)15-23(20)30-5/h6-10,15H,11-14,16-17H2,1-5H3/p+1. The molecule has 1 saturated heterocycles. The first-order valence-corrected chi connectivity index (χ1v) is 10.5. The molecule has 0 bridgehead atoms. The maximum atomic E-state index is 12.9. The molecule has 6 nitrogen and oxygen atoms in total. The van der Waals surface area contributed by atoms with Gasteiger partial charge in [-0.3, -0.25) is 4.79 Å². The minimum absolute atomic E-state index is 0.209. The smallest absolute Gasteiger partial charge is 0.277 e. The summed E-state index contributed by atoms with van der Waals surface area (Å²) < 4.78 is 10.8. The van der Waals surface area contributed by atoms with E-state index in [1.165, 1.54) is 16.8 Å². The van der Waals surface area contributed by atoms with Gasteiger partial charge in [-0.1, -0.05) is 12.1 Å². The van der Waals surface area contributed by atoms with Crippen LogP contribution < -0.4 is 19.3 Å². The van der Waals surface area contributed by atoms with Crippen LogP contribution in [0.2, 0.25) is 0 Å². The van der Waals surface area contributed by atoms with Crippen LogP contribution in [0, 0.1) is 13.8 Å². The zero-order valence-corrected chi connectivity index (χ0v) is 18.8. The zero-order chi connectivity index (χ0) is 21.7. The van der Waals surface area contributed by atoms with Crippen LogP contribution in [0.15, 0.2) is 36.4 Å². The van der Waals surface area contributed by atoms with E-state index >= 15 is 0 Å². The van der Waals surface area contributed by atoms with Gasteiger partial charge in [0.2, 0.25) is 0 Å². The highest BCUT2D eigenvalue weighted by Gasteiger charge is 2.24. The number of methoxy groups -OCH3 is 2. The number of quaternary nitrogens is 1. The summed E-state index contributed by atoms with van der Waals surface area (Å²) in [5.74, 6) is 1.77. The summed E-state index contributed by atoms with van der Waals surface area (Å²) in [6, 6.07) is 12.3. The monoisotopic (exact) mass is 412 g/mol. The number of hydrogen-bond acceptors (Lipinski definition) is 4. The number of piperazine rings is 1. The summed E-state index contributed by atoms with van der Waals surface area (Å²) >= 11 is 0. The molecule has 1 atom stereocenters. The summed E-state index contributed by atoms with van der Waals surface area (Å²) in [6.07, 6.45) is 0. The van der Waals surface area contributed by atoms with Crippen molar-refractivity contribution in [1.82, 2.24) is 4.90 Å². The maximum absolute atomic E-state index is 12.9. The van der Waals surface area contributed by atoms with Gasteiger partial charge in [0.25, 0.3) is 5.91 Å². The van der Waals surface area contributed by atoms with Crippen LogP contribution in [0.5, 0.6) is 11.5 Å². The van der Waals surface area contributed by atoms with Gasteiger partial charge in [0, 0.05) is 43.5 Å². The van der Waals surface area contributed by atoms with Crippen LogP contribution in [-0.4, -0.2) is 64.8 Å². The van der Waals surface area contributed by atoms with Crippen molar-refractivity contribution in [3.63, 3.8) is 0 Å². The van der Waals surface area contributed by atoms with Crippen molar-refractivity contribution >= 4 is 11.6 Å². The second-order valence-corrected chi connectivity index (χ2v) is 8.08. The number of hydrogen-bond donors (Lipinski definition) is 1. The van der Waals surface area contributed by atoms with Gasteiger partial charge in [0.1, 0.15) is 18.0 Å². The molecule has 0 aliphatic carbocycles. The Morgan fingerprint density at radius 3 is 2.43 bits per heavy atom. The summed E-state index contributed by atoms with van der Waals surface area (Å²) in [7, 11) is 5.35. The number of carbonyl (C=O) groups is 1. The lowest BCUT2D eigenvalue weighted by Crippen LogP contribution is -3.09. The molecule has 0 aromatic heterocycles. The number of rotatable bonds is 7. The zero-order valence-electron chi connectivity index (χ0n) is 18.8. The summed E-state index contributed by atoms with van der Waals surface area (Å²) in [5.41, 5.74) is 5.00. The molecule has 2 aromatic carbocycles. The van der Waals surface area contributed by atoms with E-state index in [0.29, 0.717) is 6.54 Å². The normalized spacial score (nSPS) is 15.1. The predicted molar refractivity (Wildman–Crippen MR) is 120 cm³/mol. The number of ether oxygens (including phenoxy) is 2. The molecule has 1 fully saturated rings. The SMILES string of the molecule is COc1ccc(C[NH+](C)CC(=O)N2CCN(c3cccc(C)c3C)CC2)c(OC)c1. The number of amides is 1. The van der Waals surface area contributed by atoms with Crippen molar-refractivity contribution in [1.29, 1.82) is 0 Å². The minimum Gasteiger partial charge on any atom is -0.497 e. The number of likely N-dealkylation sites (N-methyl/N-ethyl adjacent to an activating group) is 1. The third kappa shape index (κ3) is 5.05. The number of benzene rings is 2. The van der Waals surface area contributed by atoms with Crippen LogP contribution in [0.4, 0.5) is 5.69 Å². The van der Waals surface area contributed by atoms with Crippen molar-refractivity contribution in [2.24, 2.45) is 0 Å². The van der Waals surface area contributed by atoms with Crippen molar-refractivity contribution in [3.05, 3.63) is 53.1 Å². The molecule has 162 valence electrons. The first-order valence-electron chi connectivity index (χ1n) is 10.5. The van der Waals surface area contributed by atoms with E-state index in [2.05, 4.69) is 36.9 Å². The molecular formula is C24H34N3O3+. The quantitative estimate of drug-likeness (QED) is 0.752. The van der Waals surface area contributed by atoms with E-state index < -0.39 is 0 Å². The highest BCUT2D eigenvalue weighted by Crippen LogP contribution is 2.25. The van der Waals surface area contributed by atoms with Crippen LogP contribution in [0.1, 0.15) is 16.7 Å². The molecular weight excluding hydrogens is 378 g/mol. The lowest BCUT2D eigenvalue weighted by Gasteiger charge is -2.37. The molecule has 1 heterocycles. The number of carbonyl (C=O) groups excluding carboxylic acids is 1. The van der Waals surface area contributed by atoms with Crippen LogP contribution >= 0.6 is 0 Å². The van der Waals surface area contributed by atoms with Crippen molar-refractivity contribution in [3.8, 4) is 11.5 Å². The lowest BCUT2D eigenvalue weighted by molar-refractivity contribution is -0.885. The third-order valence-corrected chi connectivity index (χ3v) is 5.99. The number of anilines is 1. The van der Waals surface area contributed by atoms with Gasteiger partial charge in [-0.2, -0.15) is 0 Å². The van der Waals surface area contributed by atoms with Gasteiger partial charge >= 0.3 is 0 Å². The second-order valence-electron chi connectivity index (χ2n) is 8.08. The fourth-order valence-electron chi connectivity index (χ4n) is 4.03. The number of aryl methyl sites for hydroxylation is 1. The van der Waals surface area contributed by atoms with E-state index in [9.17, 15) is 4.79 Å². The van der Waals surface area contributed by atoms with E-state index in [4.69, 9.17) is 9.47 Å². The molecule has 2 aromatic rings. The van der Waals surface area contributed by atoms with Gasteiger partial charge in [-0.25, -0.2) is 0 Å². The van der Waals surface area contributed by atoms with Gasteiger partial charge in [0.05, 0.1) is 21.3 Å². The van der Waals surface area contributed by atoms with Crippen molar-refractivity contribution in [2.75, 3.05) is 58.9 Å². The van der Waals surface area contributed by atoms with Crippen molar-refractivity contribution < 1.29 is 19.2 Å². The molecule has 1 aliphatic rings. The van der Waals surface area contributed by atoms with Gasteiger partial charge in [-0.15, -0.1) is 0 Å². The molecule has 1 N–H and O–H groups in total. The summed E-state index contributed by atoms with van der Waals surface area (Å²) in [4.78, 5) is 18.4. The molecule has 1 unspecified atom stereocenters. The number of nitrogens with one attached hydrogen (secondary N) is 1. The van der Waals surface area contributed by atoms with Crippen LogP contribution in [-0.2, 0) is 11.3 Å². The van der Waals surface area contributed by atoms with E-state index in [1.54, 1.807) is 14.2 Å². The Hall–Kier alpha value is -2.73. The summed E-state index contributed by atoms with van der Waals surface area (Å²) in [6.45, 7) is 8.81. The predicted octanol–water partition coefficient (Wildman–Crippen LogP) is 1.68. The van der Waals surface area contributed by atoms with Crippen LogP contribution in [0.25, 0.3) is 0 Å². The van der Waals surface area contributed by atoms with Crippen molar-refractivity contribution in [2.45, 2.75) is 20.4 Å². The molecule has 6 heteroatoms. The Balaban J connectivity index is 1.54. The molecule has 1 amide bonds. The topological polar surface area (TPSA) is 46.5 Å². The first kappa shape index (κ1) is 22.0. The Kier molecular flexibility index (Phi) is 7.21.